The molecule has 1 saturated carbocycles. The van der Waals surface area contributed by atoms with E-state index in [9.17, 15) is 0 Å². The third-order valence-corrected chi connectivity index (χ3v) is 4.87. The maximum atomic E-state index is 5.84. The summed E-state index contributed by atoms with van der Waals surface area (Å²) < 4.78 is 5.84. The molecule has 1 aliphatic carbocycles. The number of hydrogen-bond donors (Lipinski definition) is 1. The van der Waals surface area contributed by atoms with Gasteiger partial charge in [-0.25, -0.2) is 0 Å². The summed E-state index contributed by atoms with van der Waals surface area (Å²) in [6.45, 7) is 14.4. The lowest BCUT2D eigenvalue weighted by molar-refractivity contribution is 0.423. The minimum Gasteiger partial charge on any atom is -0.425 e. The Morgan fingerprint density at radius 3 is 2.32 bits per heavy atom. The average molecular weight is 265 g/mol. The fourth-order valence-corrected chi connectivity index (χ4v) is 2.93. The van der Waals surface area contributed by atoms with Crippen molar-refractivity contribution in [3.63, 3.8) is 0 Å². The van der Waals surface area contributed by atoms with Crippen LogP contribution in [-0.2, 0) is 6.42 Å². The first-order valence-electron chi connectivity index (χ1n) is 7.32. The molecule has 0 aliphatic heterocycles. The largest absolute Gasteiger partial charge is 0.425 e. The van der Waals surface area contributed by atoms with Crippen molar-refractivity contribution >= 4 is 0 Å². The van der Waals surface area contributed by atoms with E-state index < -0.39 is 0 Å². The van der Waals surface area contributed by atoms with Crippen LogP contribution in [-0.4, -0.2) is 22.8 Å². The van der Waals surface area contributed by atoms with Gasteiger partial charge in [-0.3, -0.25) is 0 Å². The Morgan fingerprint density at radius 2 is 1.79 bits per heavy atom. The predicted molar refractivity (Wildman–Crippen MR) is 76.1 cm³/mol. The molecule has 1 aromatic heterocycles. The van der Waals surface area contributed by atoms with E-state index in [0.717, 1.165) is 31.2 Å². The minimum atomic E-state index is 0.260. The molecule has 0 spiro atoms. The molecule has 0 bridgehead atoms. The highest BCUT2D eigenvalue weighted by Gasteiger charge is 2.67. The van der Waals surface area contributed by atoms with Gasteiger partial charge in [-0.2, -0.15) is 0 Å². The number of hydrogen-bond acceptors (Lipinski definition) is 4. The van der Waals surface area contributed by atoms with Crippen LogP contribution in [0.3, 0.4) is 0 Å². The highest BCUT2D eigenvalue weighted by molar-refractivity contribution is 5.24. The van der Waals surface area contributed by atoms with Gasteiger partial charge in [0.25, 0.3) is 0 Å². The molecule has 1 aliphatic rings. The SMILES string of the molecule is CC(C)NCCCc1nnc(C2C(C)(C)C2(C)C)o1. The zero-order valence-electron chi connectivity index (χ0n) is 13.1. The number of nitrogens with one attached hydrogen (secondary N) is 1. The van der Waals surface area contributed by atoms with Gasteiger partial charge in [0, 0.05) is 18.4 Å². The molecule has 1 fully saturated rings. The van der Waals surface area contributed by atoms with Crippen LogP contribution in [0.15, 0.2) is 4.42 Å². The van der Waals surface area contributed by atoms with Crippen molar-refractivity contribution in [2.45, 2.75) is 66.3 Å². The molecule has 19 heavy (non-hydrogen) atoms. The summed E-state index contributed by atoms with van der Waals surface area (Å²) in [5, 5.41) is 11.8. The van der Waals surface area contributed by atoms with E-state index in [4.69, 9.17) is 4.42 Å². The maximum Gasteiger partial charge on any atom is 0.220 e. The van der Waals surface area contributed by atoms with Crippen molar-refractivity contribution in [2.75, 3.05) is 6.54 Å². The van der Waals surface area contributed by atoms with E-state index in [-0.39, 0.29) is 10.8 Å². The minimum absolute atomic E-state index is 0.260. The fourth-order valence-electron chi connectivity index (χ4n) is 2.93. The molecule has 0 unspecified atom stereocenters. The number of nitrogens with zero attached hydrogens (tertiary/aromatic N) is 2. The summed E-state index contributed by atoms with van der Waals surface area (Å²) in [5.74, 6) is 2.00. The lowest BCUT2D eigenvalue weighted by Crippen LogP contribution is -2.23. The van der Waals surface area contributed by atoms with E-state index >= 15 is 0 Å². The smallest absolute Gasteiger partial charge is 0.220 e. The van der Waals surface area contributed by atoms with Gasteiger partial charge in [-0.1, -0.05) is 41.5 Å². The van der Waals surface area contributed by atoms with E-state index in [1.807, 2.05) is 0 Å². The maximum absolute atomic E-state index is 5.84. The highest BCUT2D eigenvalue weighted by atomic mass is 16.4. The van der Waals surface area contributed by atoms with Gasteiger partial charge in [0.15, 0.2) is 0 Å². The van der Waals surface area contributed by atoms with Gasteiger partial charge in [0.05, 0.1) is 0 Å². The first-order valence-corrected chi connectivity index (χ1v) is 7.32. The zero-order valence-corrected chi connectivity index (χ0v) is 13.1. The van der Waals surface area contributed by atoms with Crippen molar-refractivity contribution in [3.05, 3.63) is 11.8 Å². The highest BCUT2D eigenvalue weighted by Crippen LogP contribution is 2.73. The van der Waals surface area contributed by atoms with Crippen LogP contribution in [0, 0.1) is 10.8 Å². The summed E-state index contributed by atoms with van der Waals surface area (Å²) >= 11 is 0. The molecular weight excluding hydrogens is 238 g/mol. The van der Waals surface area contributed by atoms with E-state index in [1.54, 1.807) is 0 Å². The summed E-state index contributed by atoms with van der Waals surface area (Å²) in [6, 6.07) is 0.534. The van der Waals surface area contributed by atoms with E-state index in [0.29, 0.717) is 12.0 Å². The normalized spacial score (nSPS) is 21.0. The standard InChI is InChI=1S/C15H27N3O/c1-10(2)16-9-7-8-11-17-18-13(19-11)12-14(3,4)15(12,5)6/h10,12,16H,7-9H2,1-6H3. The first-order chi connectivity index (χ1) is 8.76. The molecule has 1 N–H and O–H groups in total. The van der Waals surface area contributed by atoms with Crippen LogP contribution in [0.5, 0.6) is 0 Å². The van der Waals surface area contributed by atoms with Crippen LogP contribution in [0.25, 0.3) is 0 Å². The third-order valence-electron chi connectivity index (χ3n) is 4.87. The van der Waals surface area contributed by atoms with Crippen molar-refractivity contribution in [3.8, 4) is 0 Å². The summed E-state index contributed by atoms with van der Waals surface area (Å²) in [6.07, 6.45) is 1.90. The molecule has 0 saturated heterocycles. The number of rotatable bonds is 6. The third kappa shape index (κ3) is 2.69. The molecule has 108 valence electrons. The number of aryl methyl sites for hydroxylation is 1. The Hall–Kier alpha value is -0.900. The monoisotopic (exact) mass is 265 g/mol. The molecule has 2 rings (SSSR count). The summed E-state index contributed by atoms with van der Waals surface area (Å²) in [5.41, 5.74) is 0.520. The molecule has 0 atom stereocenters. The molecule has 1 heterocycles. The van der Waals surface area contributed by atoms with Gasteiger partial charge in [0.1, 0.15) is 0 Å². The van der Waals surface area contributed by atoms with Crippen LogP contribution in [0.2, 0.25) is 0 Å². The molecule has 4 nitrogen and oxygen atoms in total. The molecular formula is C15H27N3O. The lowest BCUT2D eigenvalue weighted by atomic mass is 10.0. The fraction of sp³-hybridized carbons (Fsp3) is 0.867. The topological polar surface area (TPSA) is 51.0 Å². The Labute approximate surface area is 116 Å². The van der Waals surface area contributed by atoms with Gasteiger partial charge in [0.2, 0.25) is 11.8 Å². The first kappa shape index (κ1) is 14.5. The van der Waals surface area contributed by atoms with Gasteiger partial charge in [-0.15, -0.1) is 10.2 Å². The lowest BCUT2D eigenvalue weighted by Gasteiger charge is -2.05. The molecule has 1 aromatic rings. The second kappa shape index (κ2) is 4.89. The van der Waals surface area contributed by atoms with Gasteiger partial charge >= 0.3 is 0 Å². The second-order valence-corrected chi connectivity index (χ2v) is 7.12. The summed E-state index contributed by atoms with van der Waals surface area (Å²) in [7, 11) is 0. The van der Waals surface area contributed by atoms with Crippen molar-refractivity contribution in [1.29, 1.82) is 0 Å². The Morgan fingerprint density at radius 1 is 1.16 bits per heavy atom. The zero-order chi connectivity index (χ0) is 14.3. The number of aromatic nitrogens is 2. The van der Waals surface area contributed by atoms with Crippen LogP contribution in [0.4, 0.5) is 0 Å². The van der Waals surface area contributed by atoms with Crippen molar-refractivity contribution < 1.29 is 4.42 Å². The van der Waals surface area contributed by atoms with E-state index in [1.165, 1.54) is 0 Å². The molecule has 0 aromatic carbocycles. The van der Waals surface area contributed by atoms with Crippen LogP contribution < -0.4 is 5.32 Å². The predicted octanol–water partition coefficient (Wildman–Crippen LogP) is 3.15. The van der Waals surface area contributed by atoms with Gasteiger partial charge < -0.3 is 9.73 Å². The second-order valence-electron chi connectivity index (χ2n) is 7.12. The Bertz CT molecular complexity index is 420. The van der Waals surface area contributed by atoms with Crippen LogP contribution in [0.1, 0.15) is 65.7 Å². The molecule has 4 heteroatoms. The molecule has 0 amide bonds. The average Bonchev–Trinajstić information content (AvgIpc) is 2.66. The Kier molecular flexibility index (Phi) is 3.74. The van der Waals surface area contributed by atoms with Gasteiger partial charge in [-0.05, 0) is 23.8 Å². The quantitative estimate of drug-likeness (QED) is 0.803. The van der Waals surface area contributed by atoms with Crippen molar-refractivity contribution in [1.82, 2.24) is 15.5 Å². The summed E-state index contributed by atoms with van der Waals surface area (Å²) in [4.78, 5) is 0. The Balaban J connectivity index is 1.87. The van der Waals surface area contributed by atoms with E-state index in [2.05, 4.69) is 57.1 Å². The van der Waals surface area contributed by atoms with Crippen LogP contribution >= 0.6 is 0 Å². The molecule has 0 radical (unpaired) electrons. The van der Waals surface area contributed by atoms with Crippen molar-refractivity contribution in [2.24, 2.45) is 10.8 Å².